The quantitative estimate of drug-likeness (QED) is 0.665. The van der Waals surface area contributed by atoms with E-state index < -0.39 is 0 Å². The summed E-state index contributed by atoms with van der Waals surface area (Å²) in [6.45, 7) is 0. The zero-order chi connectivity index (χ0) is 14.5. The minimum atomic E-state index is 0.581. The minimum Gasteiger partial charge on any atom is -0.497 e. The SMILES string of the molecule is COc1cccc(-c2noc(CSc3ccccc3)n2)c1. The second kappa shape index (κ2) is 6.45. The van der Waals surface area contributed by atoms with Crippen LogP contribution in [-0.4, -0.2) is 17.3 Å². The fraction of sp³-hybridized carbons (Fsp3) is 0.125. The Labute approximate surface area is 127 Å². The molecule has 1 heterocycles. The average Bonchev–Trinajstić information content (AvgIpc) is 3.03. The topological polar surface area (TPSA) is 48.2 Å². The zero-order valence-electron chi connectivity index (χ0n) is 11.5. The first-order valence-corrected chi connectivity index (χ1v) is 7.48. The van der Waals surface area contributed by atoms with Crippen molar-refractivity contribution in [1.29, 1.82) is 0 Å². The van der Waals surface area contributed by atoms with Gasteiger partial charge in [-0.05, 0) is 24.3 Å². The van der Waals surface area contributed by atoms with Crippen LogP contribution in [-0.2, 0) is 5.75 Å². The number of thioether (sulfide) groups is 1. The van der Waals surface area contributed by atoms with E-state index in [1.54, 1.807) is 18.9 Å². The van der Waals surface area contributed by atoms with Crippen molar-refractivity contribution in [3.05, 3.63) is 60.5 Å². The highest BCUT2D eigenvalue weighted by molar-refractivity contribution is 7.98. The number of ether oxygens (including phenoxy) is 1. The molecule has 3 aromatic rings. The van der Waals surface area contributed by atoms with Crippen molar-refractivity contribution < 1.29 is 9.26 Å². The van der Waals surface area contributed by atoms with E-state index in [1.807, 2.05) is 42.5 Å². The Balaban J connectivity index is 1.71. The molecule has 0 atom stereocenters. The third kappa shape index (κ3) is 3.44. The van der Waals surface area contributed by atoms with Crippen molar-refractivity contribution in [2.75, 3.05) is 7.11 Å². The van der Waals surface area contributed by atoms with Crippen LogP contribution in [0.15, 0.2) is 64.0 Å². The normalized spacial score (nSPS) is 10.5. The van der Waals surface area contributed by atoms with E-state index >= 15 is 0 Å². The van der Waals surface area contributed by atoms with E-state index in [4.69, 9.17) is 9.26 Å². The van der Waals surface area contributed by atoms with Gasteiger partial charge in [0.25, 0.3) is 0 Å². The van der Waals surface area contributed by atoms with Crippen LogP contribution < -0.4 is 4.74 Å². The fourth-order valence-corrected chi connectivity index (χ4v) is 2.61. The van der Waals surface area contributed by atoms with E-state index in [9.17, 15) is 0 Å². The van der Waals surface area contributed by atoms with Gasteiger partial charge in [-0.3, -0.25) is 0 Å². The first kappa shape index (κ1) is 13.7. The van der Waals surface area contributed by atoms with E-state index in [2.05, 4.69) is 22.3 Å². The number of hydrogen-bond acceptors (Lipinski definition) is 5. The van der Waals surface area contributed by atoms with Crippen molar-refractivity contribution >= 4 is 11.8 Å². The maximum atomic E-state index is 5.29. The van der Waals surface area contributed by atoms with E-state index in [0.717, 1.165) is 11.3 Å². The van der Waals surface area contributed by atoms with Crippen molar-refractivity contribution in [1.82, 2.24) is 10.1 Å². The molecule has 0 fully saturated rings. The molecule has 0 unspecified atom stereocenters. The molecule has 0 aliphatic heterocycles. The van der Waals surface area contributed by atoms with Gasteiger partial charge in [0.2, 0.25) is 11.7 Å². The number of hydrogen-bond donors (Lipinski definition) is 0. The summed E-state index contributed by atoms with van der Waals surface area (Å²) >= 11 is 1.67. The number of aromatic nitrogens is 2. The first-order valence-electron chi connectivity index (χ1n) is 6.50. The number of benzene rings is 2. The van der Waals surface area contributed by atoms with Crippen molar-refractivity contribution in [3.63, 3.8) is 0 Å². The third-order valence-electron chi connectivity index (χ3n) is 2.90. The van der Waals surface area contributed by atoms with E-state index in [-0.39, 0.29) is 0 Å². The van der Waals surface area contributed by atoms with Gasteiger partial charge in [-0.15, -0.1) is 11.8 Å². The molecule has 5 heteroatoms. The molecule has 0 aliphatic carbocycles. The Morgan fingerprint density at radius 1 is 1.10 bits per heavy atom. The Hall–Kier alpha value is -2.27. The number of nitrogens with zero attached hydrogens (tertiary/aromatic N) is 2. The highest BCUT2D eigenvalue weighted by atomic mass is 32.2. The number of rotatable bonds is 5. The van der Waals surface area contributed by atoms with Gasteiger partial charge in [-0.1, -0.05) is 35.5 Å². The predicted molar refractivity (Wildman–Crippen MR) is 82.3 cm³/mol. The maximum absolute atomic E-state index is 5.29. The lowest BCUT2D eigenvalue weighted by atomic mass is 10.2. The van der Waals surface area contributed by atoms with Crippen LogP contribution in [0.1, 0.15) is 5.89 Å². The highest BCUT2D eigenvalue weighted by Crippen LogP contribution is 2.24. The van der Waals surface area contributed by atoms with Crippen LogP contribution in [0.25, 0.3) is 11.4 Å². The molecular weight excluding hydrogens is 284 g/mol. The van der Waals surface area contributed by atoms with E-state index in [1.165, 1.54) is 4.90 Å². The highest BCUT2D eigenvalue weighted by Gasteiger charge is 2.09. The molecule has 0 spiro atoms. The van der Waals surface area contributed by atoms with Gasteiger partial charge in [-0.25, -0.2) is 0 Å². The largest absolute Gasteiger partial charge is 0.497 e. The molecule has 3 rings (SSSR count). The monoisotopic (exact) mass is 298 g/mol. The van der Waals surface area contributed by atoms with Crippen LogP contribution in [0.3, 0.4) is 0 Å². The molecule has 21 heavy (non-hydrogen) atoms. The standard InChI is InChI=1S/C16H14N2O2S/c1-19-13-7-5-6-12(10-13)16-17-15(20-18-16)11-21-14-8-3-2-4-9-14/h2-10H,11H2,1H3. The summed E-state index contributed by atoms with van der Waals surface area (Å²) in [6, 6.07) is 17.8. The van der Waals surface area contributed by atoms with Gasteiger partial charge in [0, 0.05) is 10.5 Å². The predicted octanol–water partition coefficient (Wildman–Crippen LogP) is 4.04. The van der Waals surface area contributed by atoms with Gasteiger partial charge in [-0.2, -0.15) is 4.98 Å². The van der Waals surface area contributed by atoms with Crippen LogP contribution in [0.2, 0.25) is 0 Å². The molecule has 0 radical (unpaired) electrons. The summed E-state index contributed by atoms with van der Waals surface area (Å²) in [7, 11) is 1.64. The van der Waals surface area contributed by atoms with Crippen molar-refractivity contribution in [3.8, 4) is 17.1 Å². The Bertz CT molecular complexity index is 713. The second-order valence-electron chi connectivity index (χ2n) is 4.35. The Morgan fingerprint density at radius 3 is 2.76 bits per heavy atom. The van der Waals surface area contributed by atoms with E-state index in [0.29, 0.717) is 17.5 Å². The fourth-order valence-electron chi connectivity index (χ4n) is 1.85. The molecule has 0 saturated carbocycles. The molecule has 2 aromatic carbocycles. The third-order valence-corrected chi connectivity index (χ3v) is 3.90. The Kier molecular flexibility index (Phi) is 4.21. The number of methoxy groups -OCH3 is 1. The van der Waals surface area contributed by atoms with Gasteiger partial charge in [0.1, 0.15) is 5.75 Å². The molecule has 0 N–H and O–H groups in total. The zero-order valence-corrected chi connectivity index (χ0v) is 12.3. The van der Waals surface area contributed by atoms with Gasteiger partial charge < -0.3 is 9.26 Å². The van der Waals surface area contributed by atoms with Crippen LogP contribution in [0.4, 0.5) is 0 Å². The maximum Gasteiger partial charge on any atom is 0.237 e. The molecule has 4 nitrogen and oxygen atoms in total. The lowest BCUT2D eigenvalue weighted by molar-refractivity contribution is 0.391. The summed E-state index contributed by atoms with van der Waals surface area (Å²) < 4.78 is 10.5. The van der Waals surface area contributed by atoms with Gasteiger partial charge in [0.05, 0.1) is 12.9 Å². The second-order valence-corrected chi connectivity index (χ2v) is 5.39. The molecule has 1 aromatic heterocycles. The first-order chi connectivity index (χ1) is 10.3. The minimum absolute atomic E-state index is 0.581. The summed E-state index contributed by atoms with van der Waals surface area (Å²) in [5.74, 6) is 2.62. The summed E-state index contributed by atoms with van der Waals surface area (Å²) in [4.78, 5) is 5.60. The molecule has 0 bridgehead atoms. The van der Waals surface area contributed by atoms with Crippen LogP contribution in [0, 0.1) is 0 Å². The molecule has 0 amide bonds. The van der Waals surface area contributed by atoms with Crippen molar-refractivity contribution in [2.24, 2.45) is 0 Å². The van der Waals surface area contributed by atoms with Crippen LogP contribution >= 0.6 is 11.8 Å². The molecule has 106 valence electrons. The smallest absolute Gasteiger partial charge is 0.237 e. The van der Waals surface area contributed by atoms with Crippen molar-refractivity contribution in [2.45, 2.75) is 10.6 Å². The summed E-state index contributed by atoms with van der Waals surface area (Å²) in [6.07, 6.45) is 0. The van der Waals surface area contributed by atoms with Gasteiger partial charge in [0.15, 0.2) is 0 Å². The lowest BCUT2D eigenvalue weighted by Crippen LogP contribution is -1.85. The molecule has 0 aliphatic rings. The summed E-state index contributed by atoms with van der Waals surface area (Å²) in [5.41, 5.74) is 0.883. The average molecular weight is 298 g/mol. The van der Waals surface area contributed by atoms with Crippen LogP contribution in [0.5, 0.6) is 5.75 Å². The lowest BCUT2D eigenvalue weighted by Gasteiger charge is -1.99. The van der Waals surface area contributed by atoms with Gasteiger partial charge >= 0.3 is 0 Å². The molecule has 0 saturated heterocycles. The Morgan fingerprint density at radius 2 is 1.95 bits per heavy atom. The summed E-state index contributed by atoms with van der Waals surface area (Å²) in [5, 5.41) is 4.02. The molecular formula is C16H14N2O2S.